The lowest BCUT2D eigenvalue weighted by Gasteiger charge is -2.51. The maximum atomic E-state index is 13.4. The van der Waals surface area contributed by atoms with Gasteiger partial charge in [0.15, 0.2) is 0 Å². The van der Waals surface area contributed by atoms with Gasteiger partial charge in [0.2, 0.25) is 0 Å². The molecule has 0 aliphatic carbocycles. The number of pyridine rings is 1. The van der Waals surface area contributed by atoms with E-state index in [9.17, 15) is 9.50 Å². The van der Waals surface area contributed by atoms with E-state index < -0.39 is 5.60 Å². The molecule has 0 saturated carbocycles. The first kappa shape index (κ1) is 16.6. The van der Waals surface area contributed by atoms with Crippen molar-refractivity contribution in [2.45, 2.75) is 44.0 Å². The van der Waals surface area contributed by atoms with E-state index in [1.807, 2.05) is 25.1 Å². The predicted octanol–water partition coefficient (Wildman–Crippen LogP) is 2.78. The van der Waals surface area contributed by atoms with Gasteiger partial charge in [-0.05, 0) is 37.0 Å². The molecule has 0 amide bonds. The van der Waals surface area contributed by atoms with Crippen molar-refractivity contribution in [2.75, 3.05) is 13.2 Å². The number of benzene rings is 1. The summed E-state index contributed by atoms with van der Waals surface area (Å²) in [5.41, 5.74) is 1.55. The smallest absolute Gasteiger partial charge is 0.141 e. The highest BCUT2D eigenvalue weighted by Crippen LogP contribution is 2.41. The van der Waals surface area contributed by atoms with E-state index in [1.54, 1.807) is 0 Å². The predicted molar refractivity (Wildman–Crippen MR) is 92.4 cm³/mol. The largest absolute Gasteiger partial charge is 0.383 e. The molecule has 1 aromatic heterocycles. The summed E-state index contributed by atoms with van der Waals surface area (Å²) >= 11 is 0. The highest BCUT2D eigenvalue weighted by Gasteiger charge is 2.48. The van der Waals surface area contributed by atoms with Crippen LogP contribution in [-0.4, -0.2) is 40.3 Å². The Kier molecular flexibility index (Phi) is 4.31. The van der Waals surface area contributed by atoms with Crippen LogP contribution in [0.15, 0.2) is 42.6 Å². The fourth-order valence-electron chi connectivity index (χ4n) is 4.32. The molecule has 4 rings (SSSR count). The molecule has 5 heteroatoms. The van der Waals surface area contributed by atoms with Crippen molar-refractivity contribution in [3.63, 3.8) is 0 Å². The number of rotatable bonds is 3. The van der Waals surface area contributed by atoms with Gasteiger partial charge in [0.1, 0.15) is 11.4 Å². The Labute approximate surface area is 147 Å². The number of halogens is 1. The van der Waals surface area contributed by atoms with Gasteiger partial charge in [-0.1, -0.05) is 30.3 Å². The average molecular weight is 342 g/mol. The van der Waals surface area contributed by atoms with Crippen LogP contribution in [0.2, 0.25) is 0 Å². The molecule has 2 fully saturated rings. The second-order valence-electron chi connectivity index (χ2n) is 7.26. The Bertz CT molecular complexity index is 739. The highest BCUT2D eigenvalue weighted by molar-refractivity contribution is 5.27. The van der Waals surface area contributed by atoms with Crippen molar-refractivity contribution in [3.05, 3.63) is 65.2 Å². The number of aryl methyl sites for hydroxylation is 1. The van der Waals surface area contributed by atoms with E-state index in [1.165, 1.54) is 17.8 Å². The maximum Gasteiger partial charge on any atom is 0.141 e. The minimum Gasteiger partial charge on any atom is -0.383 e. The van der Waals surface area contributed by atoms with E-state index in [0.29, 0.717) is 37.3 Å². The van der Waals surface area contributed by atoms with Crippen LogP contribution in [0.25, 0.3) is 0 Å². The lowest BCUT2D eigenvalue weighted by atomic mass is 9.77. The summed E-state index contributed by atoms with van der Waals surface area (Å²) in [6.45, 7) is 3.87. The van der Waals surface area contributed by atoms with Gasteiger partial charge in [0.25, 0.3) is 0 Å². The van der Waals surface area contributed by atoms with Crippen molar-refractivity contribution in [1.29, 1.82) is 0 Å². The van der Waals surface area contributed by atoms with Crippen LogP contribution in [0.4, 0.5) is 4.39 Å². The number of hydrogen-bond acceptors (Lipinski definition) is 4. The van der Waals surface area contributed by atoms with Gasteiger partial charge >= 0.3 is 0 Å². The summed E-state index contributed by atoms with van der Waals surface area (Å²) in [6, 6.07) is 12.1. The van der Waals surface area contributed by atoms with E-state index in [4.69, 9.17) is 4.74 Å². The van der Waals surface area contributed by atoms with Gasteiger partial charge in [0, 0.05) is 18.6 Å². The molecule has 4 nitrogen and oxygen atoms in total. The number of piperidine rings is 1. The summed E-state index contributed by atoms with van der Waals surface area (Å²) in [5, 5.41) is 11.3. The quantitative estimate of drug-likeness (QED) is 0.932. The minimum atomic E-state index is -1.02. The number of fused-ring (bicyclic) bond motifs is 2. The van der Waals surface area contributed by atoms with Crippen molar-refractivity contribution >= 4 is 0 Å². The van der Waals surface area contributed by atoms with Gasteiger partial charge in [-0.2, -0.15) is 0 Å². The Morgan fingerprint density at radius 1 is 1.24 bits per heavy atom. The summed E-state index contributed by atoms with van der Waals surface area (Å²) in [5.74, 6) is -0.366. The van der Waals surface area contributed by atoms with Crippen LogP contribution in [0.3, 0.4) is 0 Å². The van der Waals surface area contributed by atoms with Gasteiger partial charge in [-0.15, -0.1) is 0 Å². The number of ether oxygens (including phenoxy) is 1. The number of aromatic nitrogens is 1. The lowest BCUT2D eigenvalue weighted by molar-refractivity contribution is -0.151. The van der Waals surface area contributed by atoms with Crippen molar-refractivity contribution in [2.24, 2.45) is 0 Å². The first-order chi connectivity index (χ1) is 12.0. The maximum absolute atomic E-state index is 13.4. The van der Waals surface area contributed by atoms with Crippen molar-refractivity contribution < 1.29 is 14.2 Å². The van der Waals surface area contributed by atoms with Gasteiger partial charge in [-0.25, -0.2) is 4.39 Å². The van der Waals surface area contributed by atoms with E-state index >= 15 is 0 Å². The first-order valence-electron chi connectivity index (χ1n) is 8.77. The molecule has 132 valence electrons. The number of morpholine rings is 1. The summed E-state index contributed by atoms with van der Waals surface area (Å²) in [7, 11) is 0. The second kappa shape index (κ2) is 6.48. The van der Waals surface area contributed by atoms with Crippen molar-refractivity contribution in [3.8, 4) is 0 Å². The average Bonchev–Trinajstić information content (AvgIpc) is 2.57. The van der Waals surface area contributed by atoms with Crippen LogP contribution in [-0.2, 0) is 16.9 Å². The molecule has 1 aromatic carbocycles. The van der Waals surface area contributed by atoms with Gasteiger partial charge in [-0.3, -0.25) is 9.88 Å². The molecule has 25 heavy (non-hydrogen) atoms. The Balaban J connectivity index is 1.60. The van der Waals surface area contributed by atoms with E-state index in [-0.39, 0.29) is 17.9 Å². The minimum absolute atomic E-state index is 0.129. The fraction of sp³-hybridized carbons (Fsp3) is 0.450. The topological polar surface area (TPSA) is 45.6 Å². The van der Waals surface area contributed by atoms with Crippen molar-refractivity contribution in [1.82, 2.24) is 9.88 Å². The molecule has 2 atom stereocenters. The molecular formula is C20H23FN2O2. The van der Waals surface area contributed by atoms with Crippen LogP contribution in [0.5, 0.6) is 0 Å². The van der Waals surface area contributed by atoms with Gasteiger partial charge in [0.05, 0.1) is 25.1 Å². The zero-order valence-electron chi connectivity index (χ0n) is 14.4. The Morgan fingerprint density at radius 3 is 2.56 bits per heavy atom. The van der Waals surface area contributed by atoms with E-state index in [0.717, 1.165) is 6.54 Å². The molecule has 2 unspecified atom stereocenters. The van der Waals surface area contributed by atoms with Crippen LogP contribution >= 0.6 is 0 Å². The Hall–Kier alpha value is -1.82. The molecule has 0 spiro atoms. The third kappa shape index (κ3) is 3.19. The zero-order valence-corrected chi connectivity index (χ0v) is 14.4. The molecule has 2 aliphatic heterocycles. The lowest BCUT2D eigenvalue weighted by Crippen LogP contribution is -2.60. The van der Waals surface area contributed by atoms with Crippen LogP contribution in [0.1, 0.15) is 29.7 Å². The third-order valence-corrected chi connectivity index (χ3v) is 5.40. The molecule has 0 radical (unpaired) electrons. The monoisotopic (exact) mass is 342 g/mol. The molecule has 3 heterocycles. The molecule has 1 N–H and O–H groups in total. The summed E-state index contributed by atoms with van der Waals surface area (Å²) < 4.78 is 19.2. The zero-order chi connectivity index (χ0) is 17.4. The Morgan fingerprint density at radius 2 is 1.92 bits per heavy atom. The summed E-state index contributed by atoms with van der Waals surface area (Å²) in [6.07, 6.45) is 2.30. The third-order valence-electron chi connectivity index (χ3n) is 5.40. The SMILES string of the molecule is Cc1cc(F)cnc1C1(O)CC2COCC(C1)N2Cc1ccccc1. The molecular weight excluding hydrogens is 319 g/mol. The fourth-order valence-corrected chi connectivity index (χ4v) is 4.32. The molecule has 2 bridgehead atoms. The number of aliphatic hydroxyl groups is 1. The first-order valence-corrected chi connectivity index (χ1v) is 8.77. The molecule has 2 aliphatic rings. The van der Waals surface area contributed by atoms with E-state index in [2.05, 4.69) is 22.0 Å². The molecule has 2 saturated heterocycles. The standard InChI is InChI=1S/C20H23FN2O2/c1-14-7-16(21)10-22-19(14)20(24)8-17-12-25-13-18(9-20)23(17)11-15-5-3-2-4-6-15/h2-7,10,17-18,24H,8-9,11-13H2,1H3. The van der Waals surface area contributed by atoms with Crippen LogP contribution in [0, 0.1) is 12.7 Å². The number of hydrogen-bond donors (Lipinski definition) is 1. The normalized spacial score (nSPS) is 29.6. The van der Waals surface area contributed by atoms with Crippen LogP contribution < -0.4 is 0 Å². The summed E-state index contributed by atoms with van der Waals surface area (Å²) in [4.78, 5) is 6.66. The second-order valence-corrected chi connectivity index (χ2v) is 7.26. The highest BCUT2D eigenvalue weighted by atomic mass is 19.1. The van der Waals surface area contributed by atoms with Gasteiger partial charge < -0.3 is 9.84 Å². The number of nitrogens with zero attached hydrogens (tertiary/aromatic N) is 2. The molecule has 2 aromatic rings.